The maximum absolute atomic E-state index is 12.8. The van der Waals surface area contributed by atoms with E-state index in [1.54, 1.807) is 18.0 Å². The monoisotopic (exact) mass is 386 g/mol. The lowest BCUT2D eigenvalue weighted by Crippen LogP contribution is -2.46. The van der Waals surface area contributed by atoms with Crippen LogP contribution in [0.3, 0.4) is 0 Å². The van der Waals surface area contributed by atoms with E-state index in [4.69, 9.17) is 0 Å². The fourth-order valence-electron chi connectivity index (χ4n) is 3.29. The van der Waals surface area contributed by atoms with Gasteiger partial charge in [-0.1, -0.05) is 13.8 Å². The Balaban J connectivity index is 1.74. The molecule has 0 spiro atoms. The summed E-state index contributed by atoms with van der Waals surface area (Å²) in [6.45, 7) is 6.41. The molecule has 9 nitrogen and oxygen atoms in total. The molecular weight excluding hydrogens is 360 g/mol. The number of aromatic amines is 1. The van der Waals surface area contributed by atoms with Gasteiger partial charge in [-0.15, -0.1) is 5.10 Å². The Labute approximate surface area is 163 Å². The maximum Gasteiger partial charge on any atom is 0.407 e. The molecule has 0 saturated carbocycles. The van der Waals surface area contributed by atoms with Gasteiger partial charge in [0, 0.05) is 6.54 Å². The number of imidazole rings is 1. The lowest BCUT2D eigenvalue weighted by molar-refractivity contribution is -0.134. The van der Waals surface area contributed by atoms with Gasteiger partial charge >= 0.3 is 6.09 Å². The Morgan fingerprint density at radius 3 is 2.71 bits per heavy atom. The lowest BCUT2D eigenvalue weighted by atomic mass is 10.1. The number of amides is 2. The summed E-state index contributed by atoms with van der Waals surface area (Å²) >= 11 is 0. The van der Waals surface area contributed by atoms with E-state index in [2.05, 4.69) is 44.1 Å². The molecule has 9 heteroatoms. The molecule has 2 aromatic heterocycles. The number of methoxy groups -OCH3 is 1. The quantitative estimate of drug-likeness (QED) is 0.816. The minimum Gasteiger partial charge on any atom is -0.453 e. The smallest absolute Gasteiger partial charge is 0.407 e. The predicted molar refractivity (Wildman–Crippen MR) is 102 cm³/mol. The van der Waals surface area contributed by atoms with Crippen LogP contribution in [-0.2, 0) is 9.53 Å². The molecule has 0 bridgehead atoms. The van der Waals surface area contributed by atoms with Crippen molar-refractivity contribution in [3.63, 3.8) is 0 Å². The second kappa shape index (κ2) is 8.37. The first-order valence-corrected chi connectivity index (χ1v) is 9.44. The summed E-state index contributed by atoms with van der Waals surface area (Å²) in [5, 5.41) is 11.0. The molecule has 1 aliphatic heterocycles. The van der Waals surface area contributed by atoms with Gasteiger partial charge in [0.2, 0.25) is 5.91 Å². The Bertz CT molecular complexity index is 832. The van der Waals surface area contributed by atoms with E-state index in [0.717, 1.165) is 24.2 Å². The van der Waals surface area contributed by atoms with Gasteiger partial charge in [0.1, 0.15) is 17.6 Å². The summed E-state index contributed by atoms with van der Waals surface area (Å²) in [5.74, 6) is 0.866. The summed E-state index contributed by atoms with van der Waals surface area (Å²) in [6, 6.07) is 3.04. The Morgan fingerprint density at radius 2 is 2.07 bits per heavy atom. The summed E-state index contributed by atoms with van der Waals surface area (Å²) in [4.78, 5) is 33.6. The van der Waals surface area contributed by atoms with Gasteiger partial charge < -0.3 is 19.9 Å². The minimum absolute atomic E-state index is 0.160. The number of H-pyrrole nitrogens is 1. The molecular formula is C19H26N6O3. The standard InChI is InChI=1S/C19H26N6O3/c1-11(2)13-7-8-14(24-23-13)15-10-20-17(22-15)16-6-5-9-25(16)18(26)12(3)21-19(27)28-4/h7-8,10-12,16H,5-6,9H2,1-4H3,(H,20,22)(H,21,27). The molecule has 1 aliphatic rings. The third-order valence-corrected chi connectivity index (χ3v) is 4.89. The molecule has 1 fully saturated rings. The van der Waals surface area contributed by atoms with Crippen molar-refractivity contribution < 1.29 is 14.3 Å². The highest BCUT2D eigenvalue weighted by Crippen LogP contribution is 2.31. The van der Waals surface area contributed by atoms with E-state index < -0.39 is 12.1 Å². The first kappa shape index (κ1) is 19.8. The molecule has 28 heavy (non-hydrogen) atoms. The highest BCUT2D eigenvalue weighted by Gasteiger charge is 2.34. The fraction of sp³-hybridized carbons (Fsp3) is 0.526. The number of hydrogen-bond acceptors (Lipinski definition) is 6. The fourth-order valence-corrected chi connectivity index (χ4v) is 3.29. The average Bonchev–Trinajstić information content (AvgIpc) is 3.36. The van der Waals surface area contributed by atoms with Crippen molar-refractivity contribution >= 4 is 12.0 Å². The van der Waals surface area contributed by atoms with E-state index in [0.29, 0.717) is 24.0 Å². The molecule has 150 valence electrons. The SMILES string of the molecule is COC(=O)NC(C)C(=O)N1CCCC1c1ncc(-c2ccc(C(C)C)nn2)[nH]1. The Hall–Kier alpha value is -2.97. The second-order valence-corrected chi connectivity index (χ2v) is 7.23. The van der Waals surface area contributed by atoms with E-state index in [9.17, 15) is 9.59 Å². The van der Waals surface area contributed by atoms with Crippen molar-refractivity contribution in [1.29, 1.82) is 0 Å². The first-order valence-electron chi connectivity index (χ1n) is 9.44. The van der Waals surface area contributed by atoms with Crippen LogP contribution in [0.2, 0.25) is 0 Å². The summed E-state index contributed by atoms with van der Waals surface area (Å²) in [7, 11) is 1.27. The zero-order valence-corrected chi connectivity index (χ0v) is 16.6. The minimum atomic E-state index is -0.670. The summed E-state index contributed by atoms with van der Waals surface area (Å²) in [6.07, 6.45) is 2.77. The number of alkyl carbamates (subject to hydrolysis) is 1. The topological polar surface area (TPSA) is 113 Å². The van der Waals surface area contributed by atoms with Crippen LogP contribution in [-0.4, -0.2) is 56.8 Å². The molecule has 3 heterocycles. The van der Waals surface area contributed by atoms with E-state index >= 15 is 0 Å². The molecule has 0 aromatic carbocycles. The number of aromatic nitrogens is 4. The zero-order chi connectivity index (χ0) is 20.3. The molecule has 1 saturated heterocycles. The number of nitrogens with zero attached hydrogens (tertiary/aromatic N) is 4. The normalized spacial score (nSPS) is 17.6. The van der Waals surface area contributed by atoms with Crippen LogP contribution in [0.1, 0.15) is 57.1 Å². The van der Waals surface area contributed by atoms with Gasteiger partial charge in [-0.2, -0.15) is 5.10 Å². The van der Waals surface area contributed by atoms with Gasteiger partial charge in [0.15, 0.2) is 0 Å². The van der Waals surface area contributed by atoms with Crippen LogP contribution >= 0.6 is 0 Å². The molecule has 2 N–H and O–H groups in total. The number of likely N-dealkylation sites (tertiary alicyclic amines) is 1. The van der Waals surface area contributed by atoms with Crippen LogP contribution < -0.4 is 5.32 Å². The molecule has 0 aliphatic carbocycles. The molecule has 2 unspecified atom stereocenters. The number of hydrogen-bond donors (Lipinski definition) is 2. The van der Waals surface area contributed by atoms with Crippen molar-refractivity contribution in [2.45, 2.75) is 51.6 Å². The van der Waals surface area contributed by atoms with Crippen LogP contribution in [0.15, 0.2) is 18.3 Å². The van der Waals surface area contributed by atoms with Crippen LogP contribution in [0, 0.1) is 0 Å². The summed E-state index contributed by atoms with van der Waals surface area (Å²) < 4.78 is 4.57. The van der Waals surface area contributed by atoms with E-state index in [-0.39, 0.29) is 11.9 Å². The maximum atomic E-state index is 12.8. The third kappa shape index (κ3) is 4.13. The number of nitrogens with one attached hydrogen (secondary N) is 2. The Kier molecular flexibility index (Phi) is 5.91. The lowest BCUT2D eigenvalue weighted by Gasteiger charge is -2.26. The van der Waals surface area contributed by atoms with E-state index in [1.165, 1.54) is 7.11 Å². The number of carbonyl (C=O) groups is 2. The molecule has 2 amide bonds. The Morgan fingerprint density at radius 1 is 1.29 bits per heavy atom. The van der Waals surface area contributed by atoms with Crippen LogP contribution in [0.5, 0.6) is 0 Å². The van der Waals surface area contributed by atoms with Crippen molar-refractivity contribution in [2.24, 2.45) is 0 Å². The van der Waals surface area contributed by atoms with Crippen LogP contribution in [0.25, 0.3) is 11.4 Å². The van der Waals surface area contributed by atoms with Gasteiger partial charge in [-0.05, 0) is 37.8 Å². The largest absolute Gasteiger partial charge is 0.453 e. The molecule has 2 atom stereocenters. The second-order valence-electron chi connectivity index (χ2n) is 7.23. The molecule has 2 aromatic rings. The number of rotatable bonds is 5. The number of ether oxygens (including phenoxy) is 1. The van der Waals surface area contributed by atoms with Gasteiger partial charge in [-0.25, -0.2) is 9.78 Å². The van der Waals surface area contributed by atoms with Crippen molar-refractivity contribution in [2.75, 3.05) is 13.7 Å². The van der Waals surface area contributed by atoms with Crippen molar-refractivity contribution in [3.05, 3.63) is 29.8 Å². The average molecular weight is 386 g/mol. The molecule has 3 rings (SSSR count). The van der Waals surface area contributed by atoms with Gasteiger partial charge in [0.05, 0.1) is 30.7 Å². The van der Waals surface area contributed by atoms with E-state index in [1.807, 2.05) is 12.1 Å². The van der Waals surface area contributed by atoms with Crippen molar-refractivity contribution in [1.82, 2.24) is 30.4 Å². The highest BCUT2D eigenvalue weighted by molar-refractivity contribution is 5.85. The highest BCUT2D eigenvalue weighted by atomic mass is 16.5. The third-order valence-electron chi connectivity index (χ3n) is 4.89. The van der Waals surface area contributed by atoms with Gasteiger partial charge in [0.25, 0.3) is 0 Å². The van der Waals surface area contributed by atoms with Crippen molar-refractivity contribution in [3.8, 4) is 11.4 Å². The first-order chi connectivity index (χ1) is 13.4. The van der Waals surface area contributed by atoms with Gasteiger partial charge in [-0.3, -0.25) is 4.79 Å². The predicted octanol–water partition coefficient (Wildman–Crippen LogP) is 2.40. The zero-order valence-electron chi connectivity index (χ0n) is 16.6. The van der Waals surface area contributed by atoms with Crippen LogP contribution in [0.4, 0.5) is 4.79 Å². The number of carbonyl (C=O) groups excluding carboxylic acids is 2. The molecule has 0 radical (unpaired) electrons. The summed E-state index contributed by atoms with van der Waals surface area (Å²) in [5.41, 5.74) is 2.40.